The van der Waals surface area contributed by atoms with Gasteiger partial charge in [-0.25, -0.2) is 0 Å². The molecule has 2 N–H and O–H groups in total. The predicted molar refractivity (Wildman–Crippen MR) is 68.6 cm³/mol. The van der Waals surface area contributed by atoms with Crippen molar-refractivity contribution in [2.75, 3.05) is 13.7 Å². The summed E-state index contributed by atoms with van der Waals surface area (Å²) in [5.41, 5.74) is 0.515. The van der Waals surface area contributed by atoms with Crippen LogP contribution in [0.15, 0.2) is 18.2 Å². The molecule has 0 aromatic heterocycles. The van der Waals surface area contributed by atoms with Gasteiger partial charge in [-0.3, -0.25) is 4.79 Å². The van der Waals surface area contributed by atoms with Crippen molar-refractivity contribution in [3.8, 4) is 5.75 Å². The SMILES string of the molecule is CNCNC(=O)c1ccc(OC(C)C)c(Cl)c1. The van der Waals surface area contributed by atoms with Crippen LogP contribution in [0, 0.1) is 0 Å². The smallest absolute Gasteiger partial charge is 0.252 e. The number of ether oxygens (including phenoxy) is 1. The zero-order valence-corrected chi connectivity index (χ0v) is 11.0. The van der Waals surface area contributed by atoms with Crippen molar-refractivity contribution in [2.45, 2.75) is 20.0 Å². The van der Waals surface area contributed by atoms with Crippen LogP contribution in [-0.2, 0) is 0 Å². The zero-order valence-electron chi connectivity index (χ0n) is 10.2. The molecule has 0 fully saturated rings. The Hall–Kier alpha value is -1.26. The van der Waals surface area contributed by atoms with E-state index in [2.05, 4.69) is 10.6 Å². The molecule has 0 spiro atoms. The number of carbonyl (C=O) groups is 1. The maximum Gasteiger partial charge on any atom is 0.252 e. The minimum atomic E-state index is -0.169. The first-order valence-corrected chi connectivity index (χ1v) is 5.81. The highest BCUT2D eigenvalue weighted by Crippen LogP contribution is 2.26. The van der Waals surface area contributed by atoms with E-state index in [1.165, 1.54) is 0 Å². The fraction of sp³-hybridized carbons (Fsp3) is 0.417. The Bertz CT molecular complexity index is 394. The summed E-state index contributed by atoms with van der Waals surface area (Å²) in [5, 5.41) is 5.96. The van der Waals surface area contributed by atoms with Crippen molar-refractivity contribution in [1.82, 2.24) is 10.6 Å². The Morgan fingerprint density at radius 2 is 2.18 bits per heavy atom. The van der Waals surface area contributed by atoms with Gasteiger partial charge < -0.3 is 15.4 Å². The summed E-state index contributed by atoms with van der Waals surface area (Å²) in [6.07, 6.45) is 0.0523. The van der Waals surface area contributed by atoms with Crippen molar-refractivity contribution < 1.29 is 9.53 Å². The van der Waals surface area contributed by atoms with Crippen molar-refractivity contribution in [3.05, 3.63) is 28.8 Å². The molecule has 0 aliphatic carbocycles. The van der Waals surface area contributed by atoms with Crippen molar-refractivity contribution in [2.24, 2.45) is 0 Å². The number of hydrogen-bond donors (Lipinski definition) is 2. The third kappa shape index (κ3) is 4.24. The fourth-order valence-corrected chi connectivity index (χ4v) is 1.49. The molecule has 4 nitrogen and oxygen atoms in total. The number of nitrogens with one attached hydrogen (secondary N) is 2. The van der Waals surface area contributed by atoms with Crippen LogP contribution in [0.1, 0.15) is 24.2 Å². The Kier molecular flexibility index (Phi) is 5.25. The van der Waals surface area contributed by atoms with E-state index in [1.54, 1.807) is 25.2 Å². The molecule has 1 aromatic rings. The molecule has 0 radical (unpaired) electrons. The number of halogens is 1. The second kappa shape index (κ2) is 6.47. The summed E-state index contributed by atoms with van der Waals surface area (Å²) in [6, 6.07) is 5.00. The Labute approximate surface area is 106 Å². The third-order valence-electron chi connectivity index (χ3n) is 1.98. The van der Waals surface area contributed by atoms with Crippen LogP contribution >= 0.6 is 11.6 Å². The van der Waals surface area contributed by atoms with Gasteiger partial charge in [-0.1, -0.05) is 11.6 Å². The van der Waals surface area contributed by atoms with Crippen molar-refractivity contribution in [1.29, 1.82) is 0 Å². The minimum Gasteiger partial charge on any atom is -0.489 e. The molecule has 1 amide bonds. The van der Waals surface area contributed by atoms with Gasteiger partial charge in [0.05, 0.1) is 17.8 Å². The number of rotatable bonds is 5. The molecule has 0 atom stereocenters. The predicted octanol–water partition coefficient (Wildman–Crippen LogP) is 2.03. The monoisotopic (exact) mass is 256 g/mol. The first kappa shape index (κ1) is 13.8. The number of benzene rings is 1. The minimum absolute atomic E-state index is 0.0523. The van der Waals surface area contributed by atoms with Crippen molar-refractivity contribution in [3.63, 3.8) is 0 Å². The summed E-state index contributed by atoms with van der Waals surface area (Å²) in [6.45, 7) is 4.26. The maximum atomic E-state index is 11.6. The van der Waals surface area contributed by atoms with Gasteiger partial charge in [0.15, 0.2) is 0 Å². The lowest BCUT2D eigenvalue weighted by molar-refractivity contribution is 0.0951. The van der Waals surface area contributed by atoms with Gasteiger partial charge in [-0.15, -0.1) is 0 Å². The molecule has 0 aliphatic rings. The normalized spacial score (nSPS) is 10.4. The Morgan fingerprint density at radius 3 is 2.71 bits per heavy atom. The zero-order chi connectivity index (χ0) is 12.8. The fourth-order valence-electron chi connectivity index (χ4n) is 1.26. The molecule has 0 heterocycles. The van der Waals surface area contributed by atoms with E-state index < -0.39 is 0 Å². The van der Waals surface area contributed by atoms with Crippen LogP contribution in [0.4, 0.5) is 0 Å². The largest absolute Gasteiger partial charge is 0.489 e. The second-order valence-corrected chi connectivity index (χ2v) is 4.26. The van der Waals surface area contributed by atoms with E-state index >= 15 is 0 Å². The second-order valence-electron chi connectivity index (χ2n) is 3.85. The molecule has 5 heteroatoms. The Morgan fingerprint density at radius 1 is 1.47 bits per heavy atom. The van der Waals surface area contributed by atoms with Crippen LogP contribution < -0.4 is 15.4 Å². The van der Waals surface area contributed by atoms with Gasteiger partial charge in [0.1, 0.15) is 5.75 Å². The summed E-state index contributed by atoms with van der Waals surface area (Å²) in [7, 11) is 1.76. The van der Waals surface area contributed by atoms with E-state index in [0.29, 0.717) is 23.0 Å². The summed E-state index contributed by atoms with van der Waals surface area (Å²) >= 11 is 6.03. The average Bonchev–Trinajstić information content (AvgIpc) is 2.28. The van der Waals surface area contributed by atoms with Gasteiger partial charge in [0, 0.05) is 5.56 Å². The number of amides is 1. The standard InChI is InChI=1S/C12H17ClN2O2/c1-8(2)17-11-5-4-9(6-10(11)13)12(16)15-7-14-3/h4-6,8,14H,7H2,1-3H3,(H,15,16). The van der Waals surface area contributed by atoms with E-state index in [4.69, 9.17) is 16.3 Å². The van der Waals surface area contributed by atoms with E-state index in [-0.39, 0.29) is 12.0 Å². The molecule has 1 rings (SSSR count). The molecule has 0 saturated heterocycles. The lowest BCUT2D eigenvalue weighted by Gasteiger charge is -2.12. The van der Waals surface area contributed by atoms with Crippen LogP contribution in [0.25, 0.3) is 0 Å². The van der Waals surface area contributed by atoms with Gasteiger partial charge in [-0.05, 0) is 39.1 Å². The Balaban J connectivity index is 2.77. The molecule has 0 unspecified atom stereocenters. The molecule has 0 saturated carbocycles. The molecule has 1 aromatic carbocycles. The lowest BCUT2D eigenvalue weighted by Crippen LogP contribution is -2.31. The van der Waals surface area contributed by atoms with Crippen LogP contribution in [0.2, 0.25) is 5.02 Å². The molecule has 17 heavy (non-hydrogen) atoms. The van der Waals surface area contributed by atoms with E-state index in [0.717, 1.165) is 0 Å². The quantitative estimate of drug-likeness (QED) is 0.793. The molecular weight excluding hydrogens is 240 g/mol. The molecular formula is C12H17ClN2O2. The average molecular weight is 257 g/mol. The number of hydrogen-bond acceptors (Lipinski definition) is 3. The van der Waals surface area contributed by atoms with Gasteiger partial charge >= 0.3 is 0 Å². The van der Waals surface area contributed by atoms with Crippen LogP contribution in [0.5, 0.6) is 5.75 Å². The van der Waals surface area contributed by atoms with Crippen LogP contribution in [0.3, 0.4) is 0 Å². The lowest BCUT2D eigenvalue weighted by atomic mass is 10.2. The van der Waals surface area contributed by atoms with Gasteiger partial charge in [0.2, 0.25) is 0 Å². The summed E-state index contributed by atoms with van der Waals surface area (Å²) in [5.74, 6) is 0.421. The highest BCUT2D eigenvalue weighted by Gasteiger charge is 2.09. The van der Waals surface area contributed by atoms with E-state index in [1.807, 2.05) is 13.8 Å². The number of carbonyl (C=O) groups excluding carboxylic acids is 1. The van der Waals surface area contributed by atoms with Gasteiger partial charge in [0.25, 0.3) is 5.91 Å². The highest BCUT2D eigenvalue weighted by molar-refractivity contribution is 6.32. The molecule has 94 valence electrons. The molecule has 0 bridgehead atoms. The molecule has 0 aliphatic heterocycles. The first-order chi connectivity index (χ1) is 8.04. The highest BCUT2D eigenvalue weighted by atomic mass is 35.5. The maximum absolute atomic E-state index is 11.6. The third-order valence-corrected chi connectivity index (χ3v) is 2.28. The van der Waals surface area contributed by atoms with E-state index in [9.17, 15) is 4.79 Å². The van der Waals surface area contributed by atoms with Crippen molar-refractivity contribution >= 4 is 17.5 Å². The topological polar surface area (TPSA) is 50.4 Å². The van der Waals surface area contributed by atoms with Crippen LogP contribution in [-0.4, -0.2) is 25.7 Å². The van der Waals surface area contributed by atoms with Gasteiger partial charge in [-0.2, -0.15) is 0 Å². The first-order valence-electron chi connectivity index (χ1n) is 5.43. The summed E-state index contributed by atoms with van der Waals surface area (Å²) in [4.78, 5) is 11.6. The summed E-state index contributed by atoms with van der Waals surface area (Å²) < 4.78 is 5.48.